The van der Waals surface area contributed by atoms with Crippen LogP contribution in [0.2, 0.25) is 0 Å². The van der Waals surface area contributed by atoms with Crippen LogP contribution >= 0.6 is 0 Å². The van der Waals surface area contributed by atoms with E-state index in [0.29, 0.717) is 12.5 Å². The van der Waals surface area contributed by atoms with Crippen molar-refractivity contribution in [1.29, 1.82) is 0 Å². The van der Waals surface area contributed by atoms with Crippen molar-refractivity contribution in [3.8, 4) is 0 Å². The lowest BCUT2D eigenvalue weighted by atomic mass is 9.91. The fraction of sp³-hybridized carbons (Fsp3) is 0.609. The lowest BCUT2D eigenvalue weighted by Gasteiger charge is -2.48. The monoisotopic (exact) mass is 485 g/mol. The van der Waals surface area contributed by atoms with Crippen LogP contribution in [0.3, 0.4) is 0 Å². The molecule has 0 aromatic heterocycles. The molecule has 0 bridgehead atoms. The van der Waals surface area contributed by atoms with Crippen LogP contribution in [-0.4, -0.2) is 90.3 Å². The number of halogens is 3. The summed E-state index contributed by atoms with van der Waals surface area (Å²) in [6.45, 7) is 6.97. The van der Waals surface area contributed by atoms with E-state index in [1.165, 1.54) is 0 Å². The molecule has 3 aliphatic heterocycles. The fourth-order valence-electron chi connectivity index (χ4n) is 4.88. The summed E-state index contributed by atoms with van der Waals surface area (Å²) in [4.78, 5) is 40.2. The summed E-state index contributed by atoms with van der Waals surface area (Å²) in [5.74, 6) is -2.07. The molecule has 3 heterocycles. The minimum atomic E-state index is -5.08. The van der Waals surface area contributed by atoms with Crippen molar-refractivity contribution in [2.75, 3.05) is 50.8 Å². The molecule has 3 saturated heterocycles. The number of carbonyl (C=O) groups is 3. The molecule has 3 aliphatic rings. The fourth-order valence-corrected chi connectivity index (χ4v) is 4.88. The molecule has 0 saturated carbocycles. The SMILES string of the molecule is CC(=O)N1CC(=O)N(c2ccccc2)CC12CCN(CC1CCOCC1)C2.O=C(O)C(F)(F)F. The Balaban J connectivity index is 0.000000406. The quantitative estimate of drug-likeness (QED) is 0.707. The first-order valence-corrected chi connectivity index (χ1v) is 11.3. The first-order chi connectivity index (χ1) is 16.0. The number of amides is 2. The Labute approximate surface area is 196 Å². The smallest absolute Gasteiger partial charge is 0.475 e. The average Bonchev–Trinajstić information content (AvgIpc) is 3.18. The van der Waals surface area contributed by atoms with E-state index in [1.54, 1.807) is 6.92 Å². The number of para-hydroxylation sites is 1. The molecule has 0 aliphatic carbocycles. The van der Waals surface area contributed by atoms with Gasteiger partial charge in [0.1, 0.15) is 6.54 Å². The van der Waals surface area contributed by atoms with Crippen molar-refractivity contribution in [1.82, 2.24) is 9.80 Å². The number of alkyl halides is 3. The molecule has 1 N–H and O–H groups in total. The minimum Gasteiger partial charge on any atom is -0.475 e. The van der Waals surface area contributed by atoms with Crippen LogP contribution < -0.4 is 4.90 Å². The summed E-state index contributed by atoms with van der Waals surface area (Å²) in [6.07, 6.45) is -1.92. The van der Waals surface area contributed by atoms with Crippen molar-refractivity contribution in [2.45, 2.75) is 37.9 Å². The van der Waals surface area contributed by atoms with Gasteiger partial charge in [0.25, 0.3) is 0 Å². The van der Waals surface area contributed by atoms with Crippen LogP contribution in [-0.2, 0) is 19.1 Å². The largest absolute Gasteiger partial charge is 0.490 e. The summed E-state index contributed by atoms with van der Waals surface area (Å²) in [7, 11) is 0. The van der Waals surface area contributed by atoms with Gasteiger partial charge in [0.15, 0.2) is 0 Å². The van der Waals surface area contributed by atoms with Gasteiger partial charge in [0, 0.05) is 45.5 Å². The Morgan fingerprint density at radius 2 is 1.76 bits per heavy atom. The highest BCUT2D eigenvalue weighted by molar-refractivity contribution is 5.98. The molecular weight excluding hydrogens is 455 g/mol. The number of nitrogens with zero attached hydrogens (tertiary/aromatic N) is 3. The number of benzene rings is 1. The zero-order valence-electron chi connectivity index (χ0n) is 19.1. The molecule has 3 fully saturated rings. The Kier molecular flexibility index (Phi) is 8.19. The average molecular weight is 486 g/mol. The topological polar surface area (TPSA) is 90.4 Å². The van der Waals surface area contributed by atoms with Gasteiger partial charge in [0.05, 0.1) is 12.1 Å². The van der Waals surface area contributed by atoms with Crippen molar-refractivity contribution in [2.24, 2.45) is 5.92 Å². The second-order valence-corrected chi connectivity index (χ2v) is 8.99. The molecule has 8 nitrogen and oxygen atoms in total. The third-order valence-corrected chi connectivity index (χ3v) is 6.58. The number of carboxylic acid groups (broad SMARTS) is 1. The van der Waals surface area contributed by atoms with Crippen molar-refractivity contribution in [3.05, 3.63) is 30.3 Å². The number of aliphatic carboxylic acids is 1. The molecule has 1 spiro atoms. The van der Waals surface area contributed by atoms with Gasteiger partial charge in [-0.05, 0) is 37.3 Å². The molecule has 1 aromatic rings. The van der Waals surface area contributed by atoms with E-state index >= 15 is 0 Å². The number of hydrogen-bond donors (Lipinski definition) is 1. The normalized spacial score (nSPS) is 24.2. The van der Waals surface area contributed by atoms with Crippen molar-refractivity contribution in [3.63, 3.8) is 0 Å². The first-order valence-electron chi connectivity index (χ1n) is 11.3. The summed E-state index contributed by atoms with van der Waals surface area (Å²) < 4.78 is 37.2. The number of anilines is 1. The molecular formula is C23H30F3N3O5. The number of piperazine rings is 1. The number of likely N-dealkylation sites (tertiary alicyclic amines) is 1. The van der Waals surface area contributed by atoms with Gasteiger partial charge in [-0.15, -0.1) is 0 Å². The molecule has 1 aromatic carbocycles. The number of rotatable bonds is 3. The van der Waals surface area contributed by atoms with Crippen LogP contribution in [0.1, 0.15) is 26.2 Å². The second-order valence-electron chi connectivity index (χ2n) is 8.99. The first kappa shape index (κ1) is 26.0. The van der Waals surface area contributed by atoms with Gasteiger partial charge in [-0.25, -0.2) is 4.79 Å². The van der Waals surface area contributed by atoms with Crippen LogP contribution in [0.15, 0.2) is 30.3 Å². The number of carboxylic acids is 1. The Hall–Kier alpha value is -2.66. The van der Waals surface area contributed by atoms with Crippen LogP contribution in [0, 0.1) is 5.92 Å². The molecule has 1 unspecified atom stereocenters. The van der Waals surface area contributed by atoms with Gasteiger partial charge in [-0.3, -0.25) is 9.59 Å². The lowest BCUT2D eigenvalue weighted by Crippen LogP contribution is -2.66. The molecule has 1 atom stereocenters. The number of hydrogen-bond acceptors (Lipinski definition) is 5. The van der Waals surface area contributed by atoms with Crippen LogP contribution in [0.5, 0.6) is 0 Å². The van der Waals surface area contributed by atoms with Crippen molar-refractivity contribution < 1.29 is 37.4 Å². The van der Waals surface area contributed by atoms with Gasteiger partial charge in [-0.2, -0.15) is 13.2 Å². The van der Waals surface area contributed by atoms with E-state index in [9.17, 15) is 22.8 Å². The molecule has 4 rings (SSSR count). The number of ether oxygens (including phenoxy) is 1. The Bertz CT molecular complexity index is 876. The highest BCUT2D eigenvalue weighted by atomic mass is 19.4. The summed E-state index contributed by atoms with van der Waals surface area (Å²) in [6, 6.07) is 9.83. The van der Waals surface area contributed by atoms with Gasteiger partial charge >= 0.3 is 12.1 Å². The maximum absolute atomic E-state index is 12.8. The predicted octanol–water partition coefficient (Wildman–Crippen LogP) is 2.39. The standard InChI is InChI=1S/C21H29N3O3.C2HF3O2/c1-17(25)24-14-20(26)23(19-5-3-2-4-6-19)16-21(24)9-10-22(15-21)13-18-7-11-27-12-8-18;3-2(4,5)1(6)7/h2-6,18H,7-16H2,1H3;(H,6,7). The highest BCUT2D eigenvalue weighted by Crippen LogP contribution is 2.35. The lowest BCUT2D eigenvalue weighted by molar-refractivity contribution is -0.192. The van der Waals surface area contributed by atoms with Crippen LogP contribution in [0.25, 0.3) is 0 Å². The van der Waals surface area contributed by atoms with Crippen molar-refractivity contribution >= 4 is 23.5 Å². The summed E-state index contributed by atoms with van der Waals surface area (Å²) >= 11 is 0. The van der Waals surface area contributed by atoms with E-state index < -0.39 is 12.1 Å². The molecule has 2 amide bonds. The molecule has 34 heavy (non-hydrogen) atoms. The molecule has 188 valence electrons. The third kappa shape index (κ3) is 6.26. The van der Waals surface area contributed by atoms with E-state index in [4.69, 9.17) is 14.6 Å². The van der Waals surface area contributed by atoms with Crippen LogP contribution in [0.4, 0.5) is 18.9 Å². The third-order valence-electron chi connectivity index (χ3n) is 6.58. The zero-order chi connectivity index (χ0) is 24.9. The van der Waals surface area contributed by atoms with Gasteiger partial charge < -0.3 is 24.5 Å². The second kappa shape index (κ2) is 10.7. The van der Waals surface area contributed by atoms with Gasteiger partial charge in [0.2, 0.25) is 11.8 Å². The summed E-state index contributed by atoms with van der Waals surface area (Å²) in [5, 5.41) is 7.12. The molecule has 11 heteroatoms. The highest BCUT2D eigenvalue weighted by Gasteiger charge is 2.50. The maximum atomic E-state index is 12.8. The number of carbonyl (C=O) groups excluding carboxylic acids is 2. The molecule has 0 radical (unpaired) electrons. The Morgan fingerprint density at radius 1 is 1.15 bits per heavy atom. The summed E-state index contributed by atoms with van der Waals surface area (Å²) in [5.41, 5.74) is 0.647. The Morgan fingerprint density at radius 3 is 2.32 bits per heavy atom. The predicted molar refractivity (Wildman–Crippen MR) is 117 cm³/mol. The van der Waals surface area contributed by atoms with E-state index in [-0.39, 0.29) is 23.9 Å². The zero-order valence-corrected chi connectivity index (χ0v) is 19.1. The maximum Gasteiger partial charge on any atom is 0.490 e. The minimum absolute atomic E-state index is 0.00368. The van der Waals surface area contributed by atoms with E-state index in [1.807, 2.05) is 40.1 Å². The van der Waals surface area contributed by atoms with E-state index in [2.05, 4.69) is 4.90 Å². The van der Waals surface area contributed by atoms with Gasteiger partial charge in [-0.1, -0.05) is 18.2 Å². The van der Waals surface area contributed by atoms with E-state index in [0.717, 1.165) is 57.8 Å².